The standard InChI is InChI=1S/C23H24FN5O2S/c1-15-3-5-17(6-4-15)22-25-23(27-26-22)32-14-21(31)29-11-9-28(10-12-29)20-8-7-18(16(2)30)13-19(20)24/h3-8,13H,9-12,14H2,1-2H3,(H,25,26,27). The molecular formula is C23H24FN5O2S. The van der Waals surface area contributed by atoms with Crippen LogP contribution in [0.1, 0.15) is 22.8 Å². The maximum absolute atomic E-state index is 14.4. The predicted molar refractivity (Wildman–Crippen MR) is 122 cm³/mol. The summed E-state index contributed by atoms with van der Waals surface area (Å²) in [6.07, 6.45) is 0. The van der Waals surface area contributed by atoms with Gasteiger partial charge in [-0.2, -0.15) is 0 Å². The normalized spacial score (nSPS) is 14.0. The summed E-state index contributed by atoms with van der Waals surface area (Å²) in [6, 6.07) is 12.5. The number of anilines is 1. The lowest BCUT2D eigenvalue weighted by Gasteiger charge is -2.36. The molecule has 2 aromatic carbocycles. The molecule has 0 radical (unpaired) electrons. The van der Waals surface area contributed by atoms with E-state index >= 15 is 0 Å². The Balaban J connectivity index is 1.29. The molecule has 1 aliphatic rings. The van der Waals surface area contributed by atoms with E-state index < -0.39 is 5.82 Å². The van der Waals surface area contributed by atoms with Gasteiger partial charge in [0.05, 0.1) is 11.4 Å². The van der Waals surface area contributed by atoms with Gasteiger partial charge in [-0.1, -0.05) is 41.6 Å². The molecule has 1 aromatic heterocycles. The fraction of sp³-hybridized carbons (Fsp3) is 0.304. The average molecular weight is 454 g/mol. The highest BCUT2D eigenvalue weighted by Crippen LogP contribution is 2.23. The van der Waals surface area contributed by atoms with E-state index in [4.69, 9.17) is 0 Å². The second-order valence-corrected chi connectivity index (χ2v) is 8.65. The second kappa shape index (κ2) is 9.52. The van der Waals surface area contributed by atoms with Crippen LogP contribution in [0.5, 0.6) is 0 Å². The van der Waals surface area contributed by atoms with E-state index in [0.29, 0.717) is 48.4 Å². The molecule has 0 atom stereocenters. The number of rotatable bonds is 6. The topological polar surface area (TPSA) is 82.2 Å². The molecule has 0 spiro atoms. The number of hydrogen-bond donors (Lipinski definition) is 1. The van der Waals surface area contributed by atoms with Gasteiger partial charge in [0.2, 0.25) is 11.1 Å². The van der Waals surface area contributed by atoms with Crippen molar-refractivity contribution in [3.8, 4) is 11.4 Å². The zero-order chi connectivity index (χ0) is 22.7. The Kier molecular flexibility index (Phi) is 6.55. The fourth-order valence-corrected chi connectivity index (χ4v) is 4.25. The van der Waals surface area contributed by atoms with E-state index in [2.05, 4.69) is 15.2 Å². The van der Waals surface area contributed by atoms with Crippen molar-refractivity contribution in [3.05, 3.63) is 59.4 Å². The Labute approximate surface area is 190 Å². The smallest absolute Gasteiger partial charge is 0.233 e. The number of H-pyrrole nitrogens is 1. The van der Waals surface area contributed by atoms with Crippen LogP contribution in [-0.2, 0) is 4.79 Å². The third kappa shape index (κ3) is 4.99. The molecule has 1 fully saturated rings. The van der Waals surface area contributed by atoms with Gasteiger partial charge in [0.25, 0.3) is 0 Å². The number of hydrogen-bond acceptors (Lipinski definition) is 6. The Morgan fingerprint density at radius 1 is 1.09 bits per heavy atom. The number of piperazine rings is 1. The number of Topliss-reactive ketones (excluding diaryl/α,β-unsaturated/α-hetero) is 1. The van der Waals surface area contributed by atoms with E-state index in [1.54, 1.807) is 17.0 Å². The average Bonchev–Trinajstić information content (AvgIpc) is 3.27. The maximum Gasteiger partial charge on any atom is 0.233 e. The van der Waals surface area contributed by atoms with E-state index in [-0.39, 0.29) is 17.4 Å². The van der Waals surface area contributed by atoms with Crippen LogP contribution < -0.4 is 4.90 Å². The number of aromatic amines is 1. The first-order valence-electron chi connectivity index (χ1n) is 10.4. The Morgan fingerprint density at radius 3 is 2.47 bits per heavy atom. The van der Waals surface area contributed by atoms with Crippen LogP contribution in [0.3, 0.4) is 0 Å². The van der Waals surface area contributed by atoms with Gasteiger partial charge in [0.1, 0.15) is 5.82 Å². The fourth-order valence-electron chi connectivity index (χ4n) is 3.55. The summed E-state index contributed by atoms with van der Waals surface area (Å²) in [6.45, 7) is 5.53. The van der Waals surface area contributed by atoms with Gasteiger partial charge >= 0.3 is 0 Å². The Hall–Kier alpha value is -3.20. The Morgan fingerprint density at radius 2 is 1.81 bits per heavy atom. The minimum Gasteiger partial charge on any atom is -0.366 e. The van der Waals surface area contributed by atoms with Crippen molar-refractivity contribution in [1.82, 2.24) is 20.1 Å². The van der Waals surface area contributed by atoms with Crippen LogP contribution in [0.15, 0.2) is 47.6 Å². The molecule has 0 unspecified atom stereocenters. The summed E-state index contributed by atoms with van der Waals surface area (Å²) in [4.78, 5) is 32.2. The number of halogens is 1. The molecule has 0 bridgehead atoms. The number of carbonyl (C=O) groups excluding carboxylic acids is 2. The predicted octanol–water partition coefficient (Wildman–Crippen LogP) is 3.56. The first-order chi connectivity index (χ1) is 15.4. The monoisotopic (exact) mass is 453 g/mol. The van der Waals surface area contributed by atoms with Gasteiger partial charge in [0.15, 0.2) is 11.6 Å². The molecule has 166 valence electrons. The van der Waals surface area contributed by atoms with Gasteiger partial charge in [-0.15, -0.1) is 5.10 Å². The molecule has 3 aromatic rings. The molecule has 0 aliphatic carbocycles. The van der Waals surface area contributed by atoms with Crippen LogP contribution in [0.4, 0.5) is 10.1 Å². The summed E-state index contributed by atoms with van der Waals surface area (Å²) in [7, 11) is 0. The largest absolute Gasteiger partial charge is 0.366 e. The van der Waals surface area contributed by atoms with Gasteiger partial charge in [-0.25, -0.2) is 9.37 Å². The van der Waals surface area contributed by atoms with E-state index in [1.165, 1.54) is 30.3 Å². The first-order valence-corrected chi connectivity index (χ1v) is 11.3. The molecule has 9 heteroatoms. The molecule has 0 saturated carbocycles. The van der Waals surface area contributed by atoms with Gasteiger partial charge in [-0.3, -0.25) is 14.7 Å². The van der Waals surface area contributed by atoms with Crippen molar-refractivity contribution in [3.63, 3.8) is 0 Å². The van der Waals surface area contributed by atoms with Crippen molar-refractivity contribution < 1.29 is 14.0 Å². The summed E-state index contributed by atoms with van der Waals surface area (Å²) in [5, 5.41) is 7.64. The lowest BCUT2D eigenvalue weighted by atomic mass is 10.1. The number of nitrogens with zero attached hydrogens (tertiary/aromatic N) is 4. The molecule has 7 nitrogen and oxygen atoms in total. The SMILES string of the molecule is CC(=O)c1ccc(N2CCN(C(=O)CSc3n[nH]c(-c4ccc(C)cc4)n3)CC2)c(F)c1. The highest BCUT2D eigenvalue weighted by atomic mass is 32.2. The number of aromatic nitrogens is 3. The number of carbonyl (C=O) groups is 2. The minimum absolute atomic E-state index is 0.00346. The minimum atomic E-state index is -0.415. The van der Waals surface area contributed by atoms with Crippen LogP contribution >= 0.6 is 11.8 Å². The Bertz CT molecular complexity index is 1120. The van der Waals surface area contributed by atoms with Crippen molar-refractivity contribution >= 4 is 29.1 Å². The molecule has 32 heavy (non-hydrogen) atoms. The maximum atomic E-state index is 14.4. The quantitative estimate of drug-likeness (QED) is 0.454. The van der Waals surface area contributed by atoms with E-state index in [9.17, 15) is 14.0 Å². The number of aryl methyl sites for hydroxylation is 1. The first kappa shape index (κ1) is 22.0. The number of amides is 1. The zero-order valence-corrected chi connectivity index (χ0v) is 18.8. The van der Waals surface area contributed by atoms with E-state index in [1.807, 2.05) is 36.1 Å². The van der Waals surface area contributed by atoms with Crippen LogP contribution in [0.2, 0.25) is 0 Å². The van der Waals surface area contributed by atoms with Gasteiger partial charge in [0, 0.05) is 37.3 Å². The zero-order valence-electron chi connectivity index (χ0n) is 18.0. The lowest BCUT2D eigenvalue weighted by Crippen LogP contribution is -2.49. The van der Waals surface area contributed by atoms with Crippen molar-refractivity contribution in [2.75, 3.05) is 36.8 Å². The van der Waals surface area contributed by atoms with Crippen LogP contribution in [0, 0.1) is 12.7 Å². The van der Waals surface area contributed by atoms with Crippen LogP contribution in [0.25, 0.3) is 11.4 Å². The molecule has 1 amide bonds. The molecule has 4 rings (SSSR count). The molecule has 1 saturated heterocycles. The van der Waals surface area contributed by atoms with E-state index in [0.717, 1.165) is 5.56 Å². The lowest BCUT2D eigenvalue weighted by molar-refractivity contribution is -0.128. The second-order valence-electron chi connectivity index (χ2n) is 7.71. The number of nitrogens with one attached hydrogen (secondary N) is 1. The molecule has 2 heterocycles. The van der Waals surface area contributed by atoms with Crippen molar-refractivity contribution in [1.29, 1.82) is 0 Å². The number of thioether (sulfide) groups is 1. The van der Waals surface area contributed by atoms with Gasteiger partial charge < -0.3 is 9.80 Å². The van der Waals surface area contributed by atoms with Crippen molar-refractivity contribution in [2.45, 2.75) is 19.0 Å². The summed E-state index contributed by atoms with van der Waals surface area (Å²) >= 11 is 1.29. The number of ketones is 1. The summed E-state index contributed by atoms with van der Waals surface area (Å²) < 4.78 is 14.4. The molecule has 1 aliphatic heterocycles. The molecule has 1 N–H and O–H groups in total. The van der Waals surface area contributed by atoms with Crippen molar-refractivity contribution in [2.24, 2.45) is 0 Å². The highest BCUT2D eigenvalue weighted by molar-refractivity contribution is 7.99. The van der Waals surface area contributed by atoms with Crippen LogP contribution in [-0.4, -0.2) is 63.7 Å². The third-order valence-electron chi connectivity index (χ3n) is 5.44. The number of benzene rings is 2. The summed E-state index contributed by atoms with van der Waals surface area (Å²) in [5.74, 6) is 0.338. The molecular weight excluding hydrogens is 429 g/mol. The summed E-state index contributed by atoms with van der Waals surface area (Å²) in [5.41, 5.74) is 2.93. The highest BCUT2D eigenvalue weighted by Gasteiger charge is 2.23. The third-order valence-corrected chi connectivity index (χ3v) is 6.27. The van der Waals surface area contributed by atoms with Gasteiger partial charge in [-0.05, 0) is 32.0 Å².